The second-order valence-electron chi connectivity index (χ2n) is 12.4. The van der Waals surface area contributed by atoms with Gasteiger partial charge in [0.15, 0.2) is 0 Å². The van der Waals surface area contributed by atoms with Crippen LogP contribution in [0.25, 0.3) is 0 Å². The number of nitrogens with two attached hydrogens (primary N) is 1. The summed E-state index contributed by atoms with van der Waals surface area (Å²) in [6, 6.07) is -4.29. The first-order valence-corrected chi connectivity index (χ1v) is 15.6. The van der Waals surface area contributed by atoms with Gasteiger partial charge in [0.25, 0.3) is 0 Å². The number of ether oxygens (including phenoxy) is 3. The molecule has 0 bridgehead atoms. The molecule has 46 heavy (non-hydrogen) atoms. The van der Waals surface area contributed by atoms with E-state index in [1.165, 1.54) is 24.2 Å². The molecular formula is C31H51N5O10. The summed E-state index contributed by atoms with van der Waals surface area (Å²) < 4.78 is 15.0. The van der Waals surface area contributed by atoms with Crippen LogP contribution in [0.5, 0.6) is 0 Å². The number of methoxy groups -OCH3 is 1. The van der Waals surface area contributed by atoms with Gasteiger partial charge in [-0.3, -0.25) is 19.2 Å². The number of hydrogen-bond donors (Lipinski definition) is 4. The lowest BCUT2D eigenvalue weighted by atomic mass is 10.0. The van der Waals surface area contributed by atoms with E-state index in [1.54, 1.807) is 27.7 Å². The topological polar surface area (TPSA) is 213 Å². The Bertz CT molecular complexity index is 1120. The Hall–Kier alpha value is -4.17. The standard InChI is InChI=1S/C31H51N5O10/c1-8-45-25(38)14-10-9-12-20(35-30(43)46-31(4,5)6)26(39)33-21(15-16-24(32)37)28(41)36-17-11-13-23(36)27(40)34-22(18-19(2)3)29(42)44-7/h10,14,19-23H,8-9,11-13,15-18H2,1-7H3,(H2,32,37)(H,33,39)(H,34,40)(H,35,43)/b14-10+/t20-,21-,22-,23+/m1/s1. The minimum Gasteiger partial charge on any atom is -0.467 e. The van der Waals surface area contributed by atoms with Crippen molar-refractivity contribution >= 4 is 41.7 Å². The molecular weight excluding hydrogens is 602 g/mol. The summed E-state index contributed by atoms with van der Waals surface area (Å²) in [4.78, 5) is 90.1. The zero-order valence-corrected chi connectivity index (χ0v) is 28.0. The van der Waals surface area contributed by atoms with Crippen LogP contribution in [0, 0.1) is 5.92 Å². The Morgan fingerprint density at radius 2 is 1.65 bits per heavy atom. The minimum absolute atomic E-state index is 0.0250. The Kier molecular flexibility index (Phi) is 16.8. The molecule has 4 atom stereocenters. The van der Waals surface area contributed by atoms with E-state index in [0.717, 1.165) is 0 Å². The van der Waals surface area contributed by atoms with Gasteiger partial charge in [0.05, 0.1) is 13.7 Å². The lowest BCUT2D eigenvalue weighted by Gasteiger charge is -2.30. The van der Waals surface area contributed by atoms with Gasteiger partial charge in [-0.1, -0.05) is 19.9 Å². The van der Waals surface area contributed by atoms with E-state index < -0.39 is 71.4 Å². The maximum atomic E-state index is 13.8. The molecule has 0 spiro atoms. The number of carbonyl (C=O) groups is 7. The molecule has 1 fully saturated rings. The Morgan fingerprint density at radius 1 is 0.978 bits per heavy atom. The second kappa shape index (κ2) is 19.4. The van der Waals surface area contributed by atoms with Crippen molar-refractivity contribution in [3.63, 3.8) is 0 Å². The van der Waals surface area contributed by atoms with Crippen LogP contribution in [0.4, 0.5) is 4.79 Å². The zero-order chi connectivity index (χ0) is 35.0. The maximum absolute atomic E-state index is 13.8. The first-order chi connectivity index (χ1) is 21.5. The molecule has 0 aromatic heterocycles. The summed E-state index contributed by atoms with van der Waals surface area (Å²) in [5.74, 6) is -3.71. The van der Waals surface area contributed by atoms with Crippen LogP contribution >= 0.6 is 0 Å². The van der Waals surface area contributed by atoms with Crippen molar-refractivity contribution in [3.05, 3.63) is 12.2 Å². The van der Waals surface area contributed by atoms with Gasteiger partial charge in [-0.25, -0.2) is 14.4 Å². The predicted molar refractivity (Wildman–Crippen MR) is 167 cm³/mol. The van der Waals surface area contributed by atoms with E-state index in [-0.39, 0.29) is 44.8 Å². The summed E-state index contributed by atoms with van der Waals surface area (Å²) >= 11 is 0. The molecule has 5 N–H and O–H groups in total. The molecule has 1 aliphatic rings. The van der Waals surface area contributed by atoms with Crippen LogP contribution in [0.2, 0.25) is 0 Å². The Labute approximate surface area is 270 Å². The minimum atomic E-state index is -1.27. The largest absolute Gasteiger partial charge is 0.467 e. The number of nitrogens with zero attached hydrogens (tertiary/aromatic N) is 1. The predicted octanol–water partition coefficient (Wildman–Crippen LogP) is 1.22. The summed E-state index contributed by atoms with van der Waals surface area (Å²) in [7, 11) is 1.22. The quantitative estimate of drug-likeness (QED) is 0.100. The molecule has 1 saturated heterocycles. The lowest BCUT2D eigenvalue weighted by Crippen LogP contribution is -2.57. The number of hydrogen-bond acceptors (Lipinski definition) is 10. The molecule has 15 heteroatoms. The molecule has 1 aliphatic heterocycles. The zero-order valence-electron chi connectivity index (χ0n) is 28.0. The van der Waals surface area contributed by atoms with Gasteiger partial charge < -0.3 is 40.8 Å². The summed E-state index contributed by atoms with van der Waals surface area (Å²) in [5, 5.41) is 7.80. The SMILES string of the molecule is CCOC(=O)/C=C/CC[C@@H](NC(=O)OC(C)(C)C)C(=O)N[C@H](CCC(N)=O)C(=O)N1CCC[C@H]1C(=O)N[C@H](CC(C)C)C(=O)OC. The molecule has 0 saturated carbocycles. The normalized spacial score (nSPS) is 16.7. The summed E-state index contributed by atoms with van der Waals surface area (Å²) in [5.41, 5.74) is 4.49. The van der Waals surface area contributed by atoms with Crippen LogP contribution in [0.15, 0.2) is 12.2 Å². The summed E-state index contributed by atoms with van der Waals surface area (Å²) in [6.07, 6.45) is 2.75. The third-order valence-electron chi connectivity index (χ3n) is 6.81. The van der Waals surface area contributed by atoms with Crippen molar-refractivity contribution in [2.24, 2.45) is 11.7 Å². The van der Waals surface area contributed by atoms with E-state index >= 15 is 0 Å². The monoisotopic (exact) mass is 653 g/mol. The molecule has 260 valence electrons. The van der Waals surface area contributed by atoms with Crippen LogP contribution < -0.4 is 21.7 Å². The third kappa shape index (κ3) is 14.7. The molecule has 0 unspecified atom stereocenters. The van der Waals surface area contributed by atoms with E-state index in [9.17, 15) is 33.6 Å². The van der Waals surface area contributed by atoms with Crippen molar-refractivity contribution < 1.29 is 47.8 Å². The van der Waals surface area contributed by atoms with Crippen molar-refractivity contribution in [2.45, 2.75) is 116 Å². The van der Waals surface area contributed by atoms with Crippen LogP contribution in [0.1, 0.15) is 86.5 Å². The van der Waals surface area contributed by atoms with Gasteiger partial charge in [-0.2, -0.15) is 0 Å². The highest BCUT2D eigenvalue weighted by molar-refractivity contribution is 5.95. The van der Waals surface area contributed by atoms with Gasteiger partial charge in [0, 0.05) is 19.0 Å². The smallest absolute Gasteiger partial charge is 0.408 e. The number of allylic oxidation sites excluding steroid dienone is 1. The average Bonchev–Trinajstić information content (AvgIpc) is 3.44. The highest BCUT2D eigenvalue weighted by Crippen LogP contribution is 2.21. The van der Waals surface area contributed by atoms with Crippen molar-refractivity contribution in [1.29, 1.82) is 0 Å². The Balaban J connectivity index is 3.20. The molecule has 0 radical (unpaired) electrons. The number of carbonyl (C=O) groups excluding carboxylic acids is 7. The van der Waals surface area contributed by atoms with E-state index in [4.69, 9.17) is 19.9 Å². The second-order valence-corrected chi connectivity index (χ2v) is 12.4. The molecule has 15 nitrogen and oxygen atoms in total. The van der Waals surface area contributed by atoms with E-state index in [0.29, 0.717) is 19.3 Å². The fourth-order valence-corrected chi connectivity index (χ4v) is 4.77. The molecule has 1 rings (SSSR count). The highest BCUT2D eigenvalue weighted by atomic mass is 16.6. The van der Waals surface area contributed by atoms with Crippen molar-refractivity contribution in [1.82, 2.24) is 20.9 Å². The van der Waals surface area contributed by atoms with Crippen LogP contribution in [-0.2, 0) is 43.0 Å². The Morgan fingerprint density at radius 3 is 2.22 bits per heavy atom. The van der Waals surface area contributed by atoms with E-state index in [1.807, 2.05) is 13.8 Å². The van der Waals surface area contributed by atoms with Gasteiger partial charge in [-0.15, -0.1) is 0 Å². The number of amides is 5. The molecule has 0 aromatic carbocycles. The molecule has 0 aliphatic carbocycles. The van der Waals surface area contributed by atoms with E-state index in [2.05, 4.69) is 16.0 Å². The molecule has 0 aromatic rings. The van der Waals surface area contributed by atoms with Gasteiger partial charge in [-0.05, 0) is 72.1 Å². The number of primary amides is 1. The highest BCUT2D eigenvalue weighted by Gasteiger charge is 2.39. The van der Waals surface area contributed by atoms with Crippen LogP contribution in [-0.4, -0.2) is 96.6 Å². The average molecular weight is 654 g/mol. The first kappa shape index (κ1) is 39.9. The van der Waals surface area contributed by atoms with Crippen molar-refractivity contribution in [2.75, 3.05) is 20.3 Å². The fourth-order valence-electron chi connectivity index (χ4n) is 4.77. The summed E-state index contributed by atoms with van der Waals surface area (Å²) in [6.45, 7) is 10.8. The number of rotatable bonds is 17. The number of likely N-dealkylation sites (tertiary alicyclic amines) is 1. The number of nitrogens with one attached hydrogen (secondary N) is 3. The maximum Gasteiger partial charge on any atom is 0.408 e. The van der Waals surface area contributed by atoms with Gasteiger partial charge >= 0.3 is 18.0 Å². The third-order valence-corrected chi connectivity index (χ3v) is 6.81. The fraction of sp³-hybridized carbons (Fsp3) is 0.710. The number of alkyl carbamates (subject to hydrolysis) is 1. The van der Waals surface area contributed by atoms with Gasteiger partial charge in [0.1, 0.15) is 29.8 Å². The van der Waals surface area contributed by atoms with Crippen molar-refractivity contribution in [3.8, 4) is 0 Å². The first-order valence-electron chi connectivity index (χ1n) is 15.6. The molecule has 1 heterocycles. The van der Waals surface area contributed by atoms with Gasteiger partial charge in [0.2, 0.25) is 23.6 Å². The van der Waals surface area contributed by atoms with Crippen LogP contribution in [0.3, 0.4) is 0 Å². The molecule has 5 amide bonds. The number of esters is 2. The lowest BCUT2D eigenvalue weighted by molar-refractivity contribution is -0.147.